The Labute approximate surface area is 156 Å². The fraction of sp³-hybridized carbons (Fsp3) is 0.263. The van der Waals surface area contributed by atoms with Crippen molar-refractivity contribution in [3.05, 3.63) is 54.5 Å². The van der Waals surface area contributed by atoms with Gasteiger partial charge in [0.1, 0.15) is 19.0 Å². The van der Waals surface area contributed by atoms with Crippen LogP contribution in [0.15, 0.2) is 48.9 Å². The number of carboxylic acid groups (broad SMARTS) is 1. The molecule has 0 aliphatic carbocycles. The first-order valence-corrected chi connectivity index (χ1v) is 8.34. The highest BCUT2D eigenvalue weighted by Crippen LogP contribution is 2.20. The lowest BCUT2D eigenvalue weighted by atomic mass is 9.95. The average Bonchev–Trinajstić information content (AvgIpc) is 3.20. The SMILES string of the molecule is CC(C)(COc1cc(COc2ccc(-c3ccn[nH]3)nc2)ccn1)C(=O)O. The van der Waals surface area contributed by atoms with E-state index in [0.717, 1.165) is 17.0 Å². The van der Waals surface area contributed by atoms with E-state index in [1.165, 1.54) is 0 Å². The van der Waals surface area contributed by atoms with E-state index in [-0.39, 0.29) is 6.61 Å². The number of H-pyrrole nitrogens is 1. The lowest BCUT2D eigenvalue weighted by molar-refractivity contribution is -0.148. The molecular weight excluding hydrogens is 348 g/mol. The smallest absolute Gasteiger partial charge is 0.312 e. The van der Waals surface area contributed by atoms with Crippen LogP contribution >= 0.6 is 0 Å². The molecule has 0 fully saturated rings. The van der Waals surface area contributed by atoms with Crippen LogP contribution in [0.3, 0.4) is 0 Å². The minimum atomic E-state index is -0.990. The number of nitrogens with zero attached hydrogens (tertiary/aromatic N) is 3. The molecule has 0 saturated carbocycles. The molecule has 0 bridgehead atoms. The molecule has 0 unspecified atom stereocenters. The zero-order valence-corrected chi connectivity index (χ0v) is 15.0. The first-order valence-electron chi connectivity index (χ1n) is 8.34. The molecule has 0 saturated heterocycles. The normalized spacial score (nSPS) is 11.2. The third-order valence-corrected chi connectivity index (χ3v) is 3.88. The monoisotopic (exact) mass is 368 g/mol. The van der Waals surface area contributed by atoms with Gasteiger partial charge in [-0.25, -0.2) is 4.98 Å². The van der Waals surface area contributed by atoms with E-state index in [0.29, 0.717) is 18.2 Å². The molecule has 0 aromatic carbocycles. The topological polar surface area (TPSA) is 110 Å². The fourth-order valence-electron chi connectivity index (χ4n) is 2.13. The molecule has 27 heavy (non-hydrogen) atoms. The summed E-state index contributed by atoms with van der Waals surface area (Å²) in [6.45, 7) is 3.54. The molecule has 0 radical (unpaired) electrons. The van der Waals surface area contributed by atoms with Crippen LogP contribution in [-0.4, -0.2) is 37.8 Å². The van der Waals surface area contributed by atoms with Crippen molar-refractivity contribution in [1.82, 2.24) is 20.2 Å². The maximum atomic E-state index is 11.1. The third-order valence-electron chi connectivity index (χ3n) is 3.88. The Hall–Kier alpha value is -3.42. The summed E-state index contributed by atoms with van der Waals surface area (Å²) in [6, 6.07) is 9.05. The number of aliphatic carboxylic acids is 1. The Morgan fingerprint density at radius 3 is 2.67 bits per heavy atom. The number of aromatic nitrogens is 4. The van der Waals surface area contributed by atoms with Crippen LogP contribution in [0.2, 0.25) is 0 Å². The summed E-state index contributed by atoms with van der Waals surface area (Å²) >= 11 is 0. The van der Waals surface area contributed by atoms with Gasteiger partial charge in [-0.15, -0.1) is 0 Å². The van der Waals surface area contributed by atoms with E-state index in [1.54, 1.807) is 38.5 Å². The summed E-state index contributed by atoms with van der Waals surface area (Å²) < 4.78 is 11.2. The molecule has 0 spiro atoms. The second-order valence-corrected chi connectivity index (χ2v) is 6.62. The van der Waals surface area contributed by atoms with Crippen molar-refractivity contribution in [3.63, 3.8) is 0 Å². The van der Waals surface area contributed by atoms with Gasteiger partial charge < -0.3 is 14.6 Å². The zero-order chi connectivity index (χ0) is 19.3. The van der Waals surface area contributed by atoms with E-state index in [1.807, 2.05) is 24.3 Å². The summed E-state index contributed by atoms with van der Waals surface area (Å²) in [6.07, 6.45) is 4.91. The Morgan fingerprint density at radius 2 is 2.00 bits per heavy atom. The van der Waals surface area contributed by atoms with E-state index in [4.69, 9.17) is 14.6 Å². The van der Waals surface area contributed by atoms with Crippen LogP contribution in [0.5, 0.6) is 11.6 Å². The Bertz CT molecular complexity index is 892. The highest BCUT2D eigenvalue weighted by molar-refractivity contribution is 5.73. The van der Waals surface area contributed by atoms with Gasteiger partial charge >= 0.3 is 5.97 Å². The van der Waals surface area contributed by atoms with Crippen molar-refractivity contribution in [1.29, 1.82) is 0 Å². The molecule has 8 nitrogen and oxygen atoms in total. The van der Waals surface area contributed by atoms with Crippen molar-refractivity contribution in [2.24, 2.45) is 5.41 Å². The number of carbonyl (C=O) groups is 1. The highest BCUT2D eigenvalue weighted by atomic mass is 16.5. The maximum Gasteiger partial charge on any atom is 0.312 e. The summed E-state index contributed by atoms with van der Waals surface area (Å²) in [4.78, 5) is 19.6. The van der Waals surface area contributed by atoms with Crippen LogP contribution in [0.4, 0.5) is 0 Å². The standard InChI is InChI=1S/C19H20N4O4/c1-19(2,18(24)25)12-27-17-9-13(5-7-20-17)11-26-14-3-4-15(21-10-14)16-6-8-22-23-16/h3-10H,11-12H2,1-2H3,(H,22,23)(H,24,25). The van der Waals surface area contributed by atoms with E-state index in [9.17, 15) is 4.79 Å². The number of rotatable bonds is 8. The van der Waals surface area contributed by atoms with Crippen molar-refractivity contribution >= 4 is 5.97 Å². The quantitative estimate of drug-likeness (QED) is 0.629. The van der Waals surface area contributed by atoms with Gasteiger partial charge in [-0.3, -0.25) is 14.9 Å². The Kier molecular flexibility index (Phi) is 5.35. The zero-order valence-electron chi connectivity index (χ0n) is 15.0. The molecular formula is C19H20N4O4. The number of hydrogen-bond acceptors (Lipinski definition) is 6. The lowest BCUT2D eigenvalue weighted by Gasteiger charge is -2.19. The molecule has 0 aliphatic rings. The van der Waals surface area contributed by atoms with Gasteiger partial charge in [-0.05, 0) is 43.7 Å². The van der Waals surface area contributed by atoms with Crippen LogP contribution < -0.4 is 9.47 Å². The van der Waals surface area contributed by atoms with Crippen LogP contribution in [0.25, 0.3) is 11.4 Å². The molecule has 8 heteroatoms. The number of pyridine rings is 2. The van der Waals surface area contributed by atoms with Crippen LogP contribution in [-0.2, 0) is 11.4 Å². The van der Waals surface area contributed by atoms with Crippen LogP contribution in [0, 0.1) is 5.41 Å². The van der Waals surface area contributed by atoms with Gasteiger partial charge in [0, 0.05) is 18.5 Å². The van der Waals surface area contributed by atoms with Crippen LogP contribution in [0.1, 0.15) is 19.4 Å². The van der Waals surface area contributed by atoms with Gasteiger partial charge in [-0.1, -0.05) is 0 Å². The molecule has 3 aromatic heterocycles. The Morgan fingerprint density at radius 1 is 1.15 bits per heavy atom. The molecule has 3 rings (SSSR count). The number of hydrogen-bond donors (Lipinski definition) is 2. The largest absolute Gasteiger partial charge is 0.487 e. The predicted octanol–water partition coefficient (Wildman–Crippen LogP) is 2.94. The number of carboxylic acids is 1. The number of aromatic amines is 1. The second kappa shape index (κ2) is 7.86. The molecule has 0 aliphatic heterocycles. The van der Waals surface area contributed by atoms with Crippen molar-refractivity contribution in [2.75, 3.05) is 6.61 Å². The van der Waals surface area contributed by atoms with Crippen molar-refractivity contribution in [2.45, 2.75) is 20.5 Å². The first kappa shape index (κ1) is 18.4. The van der Waals surface area contributed by atoms with E-state index < -0.39 is 11.4 Å². The van der Waals surface area contributed by atoms with E-state index >= 15 is 0 Å². The van der Waals surface area contributed by atoms with Gasteiger partial charge in [-0.2, -0.15) is 5.10 Å². The molecule has 2 N–H and O–H groups in total. The summed E-state index contributed by atoms with van der Waals surface area (Å²) in [5.41, 5.74) is 1.48. The van der Waals surface area contributed by atoms with Gasteiger partial charge in [0.2, 0.25) is 5.88 Å². The molecule has 0 amide bonds. The first-order chi connectivity index (χ1) is 12.9. The number of nitrogens with one attached hydrogen (secondary N) is 1. The fourth-order valence-corrected chi connectivity index (χ4v) is 2.13. The van der Waals surface area contributed by atoms with Crippen molar-refractivity contribution in [3.8, 4) is 23.0 Å². The predicted molar refractivity (Wildman–Crippen MR) is 97.3 cm³/mol. The minimum Gasteiger partial charge on any atom is -0.487 e. The highest BCUT2D eigenvalue weighted by Gasteiger charge is 2.28. The summed E-state index contributed by atoms with van der Waals surface area (Å²) in [7, 11) is 0. The van der Waals surface area contributed by atoms with Gasteiger partial charge in [0.15, 0.2) is 0 Å². The maximum absolute atomic E-state index is 11.1. The van der Waals surface area contributed by atoms with Crippen molar-refractivity contribution < 1.29 is 19.4 Å². The van der Waals surface area contributed by atoms with Gasteiger partial charge in [0.25, 0.3) is 0 Å². The molecule has 140 valence electrons. The summed E-state index contributed by atoms with van der Waals surface area (Å²) in [5.74, 6) is 0.0655. The molecule has 3 heterocycles. The number of ether oxygens (including phenoxy) is 2. The second-order valence-electron chi connectivity index (χ2n) is 6.62. The van der Waals surface area contributed by atoms with E-state index in [2.05, 4.69) is 20.2 Å². The summed E-state index contributed by atoms with van der Waals surface area (Å²) in [5, 5.41) is 15.9. The minimum absolute atomic E-state index is 0.0264. The molecule has 0 atom stereocenters. The third kappa shape index (κ3) is 4.81. The lowest BCUT2D eigenvalue weighted by Crippen LogP contribution is -2.30. The Balaban J connectivity index is 1.57. The average molecular weight is 368 g/mol. The van der Waals surface area contributed by atoms with Gasteiger partial charge in [0.05, 0.1) is 23.0 Å². The molecule has 3 aromatic rings.